The van der Waals surface area contributed by atoms with E-state index in [0.29, 0.717) is 0 Å². The lowest BCUT2D eigenvalue weighted by molar-refractivity contribution is -0.425. The highest BCUT2D eigenvalue weighted by Crippen LogP contribution is 1.91. The van der Waals surface area contributed by atoms with Crippen molar-refractivity contribution in [2.75, 3.05) is 0 Å². The highest BCUT2D eigenvalue weighted by atomic mass is 32.1. The highest BCUT2D eigenvalue weighted by molar-refractivity contribution is 7.79. The van der Waals surface area contributed by atoms with Gasteiger partial charge in [0.1, 0.15) is 11.9 Å². The molecule has 0 saturated carbocycles. The molecule has 1 aromatic heterocycles. The molecule has 0 aromatic carbocycles. The van der Waals surface area contributed by atoms with Gasteiger partial charge in [-0.1, -0.05) is 12.6 Å². The van der Waals surface area contributed by atoms with E-state index in [0.717, 1.165) is 10.9 Å². The highest BCUT2D eigenvalue weighted by Gasteiger charge is 1.93. The molecule has 0 radical (unpaired) electrons. The molecule has 2 N–H and O–H groups in total. The smallest absolute Gasteiger partial charge is 0.238 e. The molecule has 1 heterocycles. The van der Waals surface area contributed by atoms with Gasteiger partial charge >= 0.3 is 5.16 Å². The maximum Gasteiger partial charge on any atom is 0.310 e. The Hall–Kier alpha value is -0.440. The Morgan fingerprint density at radius 3 is 2.71 bits per heavy atom. The first kappa shape index (κ1) is 4.71. The monoisotopic (exact) mass is 115 g/mol. The molecule has 0 bridgehead atoms. The van der Waals surface area contributed by atoms with Gasteiger partial charge in [0.25, 0.3) is 0 Å². The largest absolute Gasteiger partial charge is 0.310 e. The number of nitrogens with one attached hydrogen (secondary N) is 2. The minimum Gasteiger partial charge on any atom is -0.238 e. The molecule has 3 heteroatoms. The molecule has 0 spiro atoms. The first-order valence-electron chi connectivity index (χ1n) is 2.05. The first-order valence-corrected chi connectivity index (χ1v) is 2.50. The van der Waals surface area contributed by atoms with Gasteiger partial charge in [0, 0.05) is 6.92 Å². The molecule has 0 unspecified atom stereocenters. The molecule has 0 aliphatic rings. The fourth-order valence-electron chi connectivity index (χ4n) is 0.436. The lowest BCUT2D eigenvalue weighted by Gasteiger charge is -1.63. The summed E-state index contributed by atoms with van der Waals surface area (Å²) in [5, 5.41) is 0.803. The van der Waals surface area contributed by atoms with Crippen molar-refractivity contribution in [3.05, 3.63) is 11.9 Å². The fraction of sp³-hybridized carbons (Fsp3) is 0.250. The van der Waals surface area contributed by atoms with Gasteiger partial charge in [0.05, 0.1) is 0 Å². The summed E-state index contributed by atoms with van der Waals surface area (Å²) in [4.78, 5) is 5.82. The van der Waals surface area contributed by atoms with E-state index in [4.69, 9.17) is 0 Å². The molecule has 1 aromatic rings. The van der Waals surface area contributed by atoms with E-state index in [2.05, 4.69) is 22.6 Å². The van der Waals surface area contributed by atoms with Crippen molar-refractivity contribution in [3.63, 3.8) is 0 Å². The van der Waals surface area contributed by atoms with Crippen LogP contribution in [0.25, 0.3) is 0 Å². The molecule has 38 valence electrons. The van der Waals surface area contributed by atoms with Gasteiger partial charge in [0.2, 0.25) is 0 Å². The SMILES string of the molecule is Cc1c[nH+]c(S)[nH]1. The molecule has 2 nitrogen and oxygen atoms in total. The van der Waals surface area contributed by atoms with Gasteiger partial charge in [-0.2, -0.15) is 0 Å². The maximum absolute atomic E-state index is 3.99. The first-order chi connectivity index (χ1) is 3.29. The number of H-pyrrole nitrogens is 2. The average Bonchev–Trinajstić information content (AvgIpc) is 1.87. The van der Waals surface area contributed by atoms with Crippen molar-refractivity contribution in [1.82, 2.24) is 4.98 Å². The Morgan fingerprint density at radius 1 is 1.86 bits per heavy atom. The second-order valence-electron chi connectivity index (χ2n) is 1.45. The quantitative estimate of drug-likeness (QED) is 0.459. The van der Waals surface area contributed by atoms with E-state index >= 15 is 0 Å². The van der Waals surface area contributed by atoms with Gasteiger partial charge in [-0.15, -0.1) is 0 Å². The summed E-state index contributed by atoms with van der Waals surface area (Å²) in [6.45, 7) is 1.97. The third-order valence-electron chi connectivity index (χ3n) is 0.741. The zero-order valence-corrected chi connectivity index (χ0v) is 4.92. The van der Waals surface area contributed by atoms with Crippen molar-refractivity contribution in [1.29, 1.82) is 0 Å². The zero-order chi connectivity index (χ0) is 5.28. The molecule has 7 heavy (non-hydrogen) atoms. The Bertz CT molecular complexity index is 142. The van der Waals surface area contributed by atoms with Crippen LogP contribution in [-0.2, 0) is 0 Å². The number of rotatable bonds is 0. The van der Waals surface area contributed by atoms with Crippen molar-refractivity contribution < 1.29 is 4.98 Å². The molecule has 0 aliphatic carbocycles. The van der Waals surface area contributed by atoms with E-state index in [1.54, 1.807) is 0 Å². The molecule has 0 saturated heterocycles. The molecule has 1 rings (SSSR count). The number of aryl methyl sites for hydroxylation is 1. The summed E-state index contributed by atoms with van der Waals surface area (Å²) in [6.07, 6.45) is 1.86. The van der Waals surface area contributed by atoms with E-state index in [1.807, 2.05) is 13.1 Å². The van der Waals surface area contributed by atoms with Gasteiger partial charge in [-0.3, -0.25) is 0 Å². The second kappa shape index (κ2) is 1.58. The Labute approximate surface area is 47.4 Å². The number of hydrogen-bond acceptors (Lipinski definition) is 1. The van der Waals surface area contributed by atoms with Crippen LogP contribution >= 0.6 is 12.6 Å². The number of aromatic nitrogens is 2. The lowest BCUT2D eigenvalue weighted by atomic mass is 10.6. The molecular weight excluding hydrogens is 108 g/mol. The van der Waals surface area contributed by atoms with E-state index in [-0.39, 0.29) is 0 Å². The zero-order valence-electron chi connectivity index (χ0n) is 4.02. The number of hydrogen-bond donors (Lipinski definition) is 2. The summed E-state index contributed by atoms with van der Waals surface area (Å²) < 4.78 is 0. The number of imidazole rings is 1. The predicted molar refractivity (Wildman–Crippen MR) is 29.3 cm³/mol. The van der Waals surface area contributed by atoms with Gasteiger partial charge in [-0.05, 0) is 0 Å². The fourth-order valence-corrected chi connectivity index (χ4v) is 0.676. The van der Waals surface area contributed by atoms with Crippen LogP contribution in [0.3, 0.4) is 0 Å². The third kappa shape index (κ3) is 0.962. The van der Waals surface area contributed by atoms with Gasteiger partial charge < -0.3 is 0 Å². The maximum atomic E-state index is 3.99. The van der Waals surface area contributed by atoms with Crippen LogP contribution in [0.4, 0.5) is 0 Å². The molecular formula is C4H7N2S+. The van der Waals surface area contributed by atoms with Crippen LogP contribution in [0.1, 0.15) is 5.69 Å². The topological polar surface area (TPSA) is 29.9 Å². The third-order valence-corrected chi connectivity index (χ3v) is 0.982. The summed E-state index contributed by atoms with van der Waals surface area (Å²) in [6, 6.07) is 0. The van der Waals surface area contributed by atoms with Crippen LogP contribution < -0.4 is 4.98 Å². The number of thiol groups is 1. The lowest BCUT2D eigenvalue weighted by Crippen LogP contribution is -1.94. The standard InChI is InChI=1S/C4H6N2S/c1-3-2-5-4(7)6-3/h2H,1H3,(H2,5,6,7)/p+1. The van der Waals surface area contributed by atoms with Crippen molar-refractivity contribution in [2.45, 2.75) is 12.1 Å². The van der Waals surface area contributed by atoms with Crippen molar-refractivity contribution in [3.8, 4) is 0 Å². The van der Waals surface area contributed by atoms with Crippen LogP contribution in [0.15, 0.2) is 11.4 Å². The predicted octanol–water partition coefficient (Wildman–Crippen LogP) is 0.426. The van der Waals surface area contributed by atoms with Crippen molar-refractivity contribution in [2.24, 2.45) is 0 Å². The molecule has 0 fully saturated rings. The molecule has 0 aliphatic heterocycles. The Balaban J connectivity index is 3.04. The van der Waals surface area contributed by atoms with Crippen LogP contribution in [0, 0.1) is 6.92 Å². The van der Waals surface area contributed by atoms with E-state index < -0.39 is 0 Å². The Kier molecular flexibility index (Phi) is 1.06. The van der Waals surface area contributed by atoms with Crippen molar-refractivity contribution >= 4 is 12.6 Å². The molecule has 0 amide bonds. The summed E-state index contributed by atoms with van der Waals surface area (Å²) in [5.74, 6) is 0. The summed E-state index contributed by atoms with van der Waals surface area (Å²) in [7, 11) is 0. The Morgan fingerprint density at radius 2 is 2.57 bits per heavy atom. The summed E-state index contributed by atoms with van der Waals surface area (Å²) in [5.41, 5.74) is 1.10. The minimum absolute atomic E-state index is 0.803. The molecule has 0 atom stereocenters. The summed E-state index contributed by atoms with van der Waals surface area (Å²) >= 11 is 3.99. The minimum atomic E-state index is 0.803. The average molecular weight is 115 g/mol. The normalized spacial score (nSPS) is 9.43. The number of aromatic amines is 2. The van der Waals surface area contributed by atoms with Crippen LogP contribution in [0.5, 0.6) is 0 Å². The second-order valence-corrected chi connectivity index (χ2v) is 1.89. The van der Waals surface area contributed by atoms with Crippen LogP contribution in [0.2, 0.25) is 0 Å². The van der Waals surface area contributed by atoms with Gasteiger partial charge in [0.15, 0.2) is 0 Å². The van der Waals surface area contributed by atoms with E-state index in [9.17, 15) is 0 Å². The van der Waals surface area contributed by atoms with Crippen LogP contribution in [-0.4, -0.2) is 4.98 Å². The van der Waals surface area contributed by atoms with E-state index in [1.165, 1.54) is 0 Å². The van der Waals surface area contributed by atoms with Gasteiger partial charge in [-0.25, -0.2) is 9.97 Å².